The highest BCUT2D eigenvalue weighted by molar-refractivity contribution is 5.66. The van der Waals surface area contributed by atoms with Crippen molar-refractivity contribution in [1.29, 1.82) is 0 Å². The van der Waals surface area contributed by atoms with E-state index < -0.39 is 11.9 Å². The van der Waals surface area contributed by atoms with Gasteiger partial charge >= 0.3 is 5.97 Å². The van der Waals surface area contributed by atoms with Crippen LogP contribution in [0.1, 0.15) is 44.9 Å². The average Bonchev–Trinajstić information content (AvgIpc) is 2.45. The van der Waals surface area contributed by atoms with E-state index in [4.69, 9.17) is 5.11 Å². The van der Waals surface area contributed by atoms with Crippen molar-refractivity contribution in [2.45, 2.75) is 63.0 Å². The minimum absolute atomic E-state index is 0.0115. The second-order valence-corrected chi connectivity index (χ2v) is 5.24. The van der Waals surface area contributed by atoms with E-state index in [1.807, 2.05) is 0 Å². The number of hydrogen-bond acceptors (Lipinski definition) is 2. The first-order valence-electron chi connectivity index (χ1n) is 6.33. The highest BCUT2D eigenvalue weighted by atomic mass is 19.3. The summed E-state index contributed by atoms with van der Waals surface area (Å²) in [5.74, 6) is -3.26. The first-order chi connectivity index (χ1) is 7.98. The van der Waals surface area contributed by atoms with Crippen molar-refractivity contribution in [3.63, 3.8) is 0 Å². The summed E-state index contributed by atoms with van der Waals surface area (Å²) in [7, 11) is 0. The Labute approximate surface area is 99.8 Å². The molecule has 2 bridgehead atoms. The Balaban J connectivity index is 1.77. The van der Waals surface area contributed by atoms with Crippen molar-refractivity contribution < 1.29 is 18.7 Å². The molecule has 2 aliphatic rings. The number of piperidine rings is 1. The van der Waals surface area contributed by atoms with Crippen LogP contribution in [0.25, 0.3) is 0 Å². The van der Waals surface area contributed by atoms with Crippen molar-refractivity contribution in [2.24, 2.45) is 0 Å². The molecule has 0 saturated carbocycles. The number of fused-ring (bicyclic) bond motifs is 2. The minimum atomic E-state index is -2.48. The van der Waals surface area contributed by atoms with Crippen LogP contribution in [0.5, 0.6) is 0 Å². The number of carboxylic acid groups (broad SMARTS) is 1. The summed E-state index contributed by atoms with van der Waals surface area (Å²) in [5.41, 5.74) is 0. The van der Waals surface area contributed by atoms with Crippen LogP contribution < -0.4 is 0 Å². The third-order valence-electron chi connectivity index (χ3n) is 3.90. The lowest BCUT2D eigenvalue weighted by atomic mass is 9.98. The summed E-state index contributed by atoms with van der Waals surface area (Å²) in [5, 5.41) is 8.52. The van der Waals surface area contributed by atoms with Crippen molar-refractivity contribution >= 4 is 5.97 Å². The molecule has 0 spiro atoms. The molecule has 17 heavy (non-hydrogen) atoms. The van der Waals surface area contributed by atoms with Crippen LogP contribution in [0.3, 0.4) is 0 Å². The first-order valence-corrected chi connectivity index (χ1v) is 6.33. The fourth-order valence-electron chi connectivity index (χ4n) is 3.16. The maximum absolute atomic E-state index is 13.3. The summed E-state index contributed by atoms with van der Waals surface area (Å²) in [6, 6.07) is 0.0437. The molecule has 2 aliphatic heterocycles. The van der Waals surface area contributed by atoms with Crippen LogP contribution in [0, 0.1) is 0 Å². The zero-order valence-corrected chi connectivity index (χ0v) is 9.87. The molecule has 2 atom stereocenters. The molecule has 3 nitrogen and oxygen atoms in total. The monoisotopic (exact) mass is 247 g/mol. The van der Waals surface area contributed by atoms with Crippen molar-refractivity contribution in [2.75, 3.05) is 6.54 Å². The van der Waals surface area contributed by atoms with E-state index in [0.717, 1.165) is 25.8 Å². The number of rotatable bonds is 5. The van der Waals surface area contributed by atoms with Gasteiger partial charge in [-0.15, -0.1) is 0 Å². The zero-order valence-electron chi connectivity index (χ0n) is 9.87. The number of alkyl halides is 2. The van der Waals surface area contributed by atoms with Gasteiger partial charge in [-0.3, -0.25) is 9.69 Å². The van der Waals surface area contributed by atoms with Gasteiger partial charge in [-0.25, -0.2) is 8.78 Å². The van der Waals surface area contributed by atoms with Crippen LogP contribution >= 0.6 is 0 Å². The van der Waals surface area contributed by atoms with Crippen LogP contribution in [0.4, 0.5) is 8.78 Å². The molecule has 2 rings (SSSR count). The zero-order chi connectivity index (χ0) is 12.5. The lowest BCUT2D eigenvalue weighted by Crippen LogP contribution is -2.47. The maximum atomic E-state index is 13.3. The first kappa shape index (κ1) is 12.7. The Hall–Kier alpha value is -0.710. The highest BCUT2D eigenvalue weighted by Gasteiger charge is 2.48. The van der Waals surface area contributed by atoms with E-state index in [9.17, 15) is 13.6 Å². The van der Waals surface area contributed by atoms with E-state index in [1.54, 1.807) is 0 Å². The third kappa shape index (κ3) is 3.15. The Morgan fingerprint density at radius 3 is 2.35 bits per heavy atom. The predicted molar refractivity (Wildman–Crippen MR) is 59.2 cm³/mol. The van der Waals surface area contributed by atoms with Crippen LogP contribution in [0.15, 0.2) is 0 Å². The number of carboxylic acids is 1. The summed E-state index contributed by atoms with van der Waals surface area (Å²) in [4.78, 5) is 12.5. The molecule has 98 valence electrons. The summed E-state index contributed by atoms with van der Waals surface area (Å²) in [6.45, 7) is 0.776. The molecule has 2 unspecified atom stereocenters. The van der Waals surface area contributed by atoms with Gasteiger partial charge < -0.3 is 5.11 Å². The fourth-order valence-corrected chi connectivity index (χ4v) is 3.16. The molecular weight excluding hydrogens is 228 g/mol. The molecule has 0 aliphatic carbocycles. The van der Waals surface area contributed by atoms with Gasteiger partial charge in [-0.2, -0.15) is 0 Å². The van der Waals surface area contributed by atoms with Gasteiger partial charge in [0.2, 0.25) is 0 Å². The van der Waals surface area contributed by atoms with Gasteiger partial charge in [0.05, 0.1) is 0 Å². The molecule has 0 amide bonds. The molecule has 2 saturated heterocycles. The summed E-state index contributed by atoms with van der Waals surface area (Å²) < 4.78 is 26.6. The molecule has 0 aromatic heterocycles. The van der Waals surface area contributed by atoms with Gasteiger partial charge in [0, 0.05) is 31.3 Å². The van der Waals surface area contributed by atoms with Crippen LogP contribution in [0.2, 0.25) is 0 Å². The lowest BCUT2D eigenvalue weighted by molar-refractivity contribution is -0.137. The second-order valence-electron chi connectivity index (χ2n) is 5.24. The highest BCUT2D eigenvalue weighted by Crippen LogP contribution is 2.43. The van der Waals surface area contributed by atoms with E-state index >= 15 is 0 Å². The number of carbonyl (C=O) groups is 1. The molecule has 2 fully saturated rings. The SMILES string of the molecule is O=C(O)CCCCN1C2CCC1CC(F)(F)C2. The Bertz CT molecular complexity index is 280. The molecule has 0 aromatic carbocycles. The van der Waals surface area contributed by atoms with E-state index in [0.29, 0.717) is 6.42 Å². The Morgan fingerprint density at radius 2 is 1.82 bits per heavy atom. The Morgan fingerprint density at radius 1 is 1.24 bits per heavy atom. The standard InChI is InChI=1S/C12H19F2NO2/c13-12(14)7-9-4-5-10(8-12)15(9)6-2-1-3-11(16)17/h9-10H,1-8H2,(H,16,17). The molecule has 0 aromatic rings. The van der Waals surface area contributed by atoms with E-state index in [2.05, 4.69) is 4.90 Å². The molecule has 2 heterocycles. The van der Waals surface area contributed by atoms with Crippen molar-refractivity contribution in [3.8, 4) is 0 Å². The summed E-state index contributed by atoms with van der Waals surface area (Å²) >= 11 is 0. The normalized spacial score (nSPS) is 31.6. The molecule has 1 N–H and O–H groups in total. The van der Waals surface area contributed by atoms with Crippen molar-refractivity contribution in [3.05, 3.63) is 0 Å². The second kappa shape index (κ2) is 4.88. The fraction of sp³-hybridized carbons (Fsp3) is 0.917. The number of halogens is 2. The van der Waals surface area contributed by atoms with Crippen molar-refractivity contribution in [1.82, 2.24) is 4.90 Å². The number of nitrogens with zero attached hydrogens (tertiary/aromatic N) is 1. The summed E-state index contributed by atoms with van der Waals surface area (Å²) in [6.07, 6.45) is 3.34. The Kier molecular flexibility index (Phi) is 3.66. The largest absolute Gasteiger partial charge is 0.481 e. The molecule has 5 heteroatoms. The topological polar surface area (TPSA) is 40.5 Å². The van der Waals surface area contributed by atoms with Gasteiger partial charge in [0.1, 0.15) is 0 Å². The lowest BCUT2D eigenvalue weighted by Gasteiger charge is -2.38. The number of hydrogen-bond donors (Lipinski definition) is 1. The average molecular weight is 247 g/mol. The van der Waals surface area contributed by atoms with E-state index in [-0.39, 0.29) is 31.3 Å². The van der Waals surface area contributed by atoms with Crippen LogP contribution in [-0.2, 0) is 4.79 Å². The third-order valence-corrected chi connectivity index (χ3v) is 3.90. The maximum Gasteiger partial charge on any atom is 0.303 e. The number of unbranched alkanes of at least 4 members (excludes halogenated alkanes) is 1. The minimum Gasteiger partial charge on any atom is -0.481 e. The van der Waals surface area contributed by atoms with Crippen LogP contribution in [-0.4, -0.2) is 40.5 Å². The molecule has 0 radical (unpaired) electrons. The smallest absolute Gasteiger partial charge is 0.303 e. The van der Waals surface area contributed by atoms with Gasteiger partial charge in [0.15, 0.2) is 0 Å². The van der Waals surface area contributed by atoms with Gasteiger partial charge in [-0.05, 0) is 32.2 Å². The quantitative estimate of drug-likeness (QED) is 0.759. The van der Waals surface area contributed by atoms with Gasteiger partial charge in [0.25, 0.3) is 5.92 Å². The van der Waals surface area contributed by atoms with Gasteiger partial charge in [-0.1, -0.05) is 0 Å². The number of aliphatic carboxylic acids is 1. The predicted octanol–water partition coefficient (Wildman–Crippen LogP) is 2.50. The van der Waals surface area contributed by atoms with E-state index in [1.165, 1.54) is 0 Å². The molecular formula is C12H19F2NO2.